The van der Waals surface area contributed by atoms with Crippen molar-refractivity contribution in [3.8, 4) is 5.75 Å². The number of rotatable bonds is 6. The lowest BCUT2D eigenvalue weighted by Crippen LogP contribution is -2.39. The zero-order chi connectivity index (χ0) is 17.6. The van der Waals surface area contributed by atoms with E-state index in [9.17, 15) is 4.79 Å². The zero-order valence-electron chi connectivity index (χ0n) is 14.7. The van der Waals surface area contributed by atoms with E-state index in [0.717, 1.165) is 29.3 Å². The van der Waals surface area contributed by atoms with Gasteiger partial charge in [0.15, 0.2) is 0 Å². The van der Waals surface area contributed by atoms with E-state index in [1.807, 2.05) is 62.0 Å². The standard InChI is InChI=1S/C20H24N2O2S/c1-15(2)24-17-9-7-16(8-10-17)13-21-20(23)14-22-11-12-25-19-6-4-3-5-18(19)22/h3-10,15H,11-14H2,1-2H3,(H,21,23). The van der Waals surface area contributed by atoms with Gasteiger partial charge < -0.3 is 15.0 Å². The lowest BCUT2D eigenvalue weighted by Gasteiger charge is -2.30. The molecule has 0 unspecified atom stereocenters. The van der Waals surface area contributed by atoms with Crippen LogP contribution in [0.5, 0.6) is 5.75 Å². The third-order valence-electron chi connectivity index (χ3n) is 3.94. The van der Waals surface area contributed by atoms with Crippen molar-refractivity contribution in [2.24, 2.45) is 0 Å². The Hall–Kier alpha value is -2.14. The first-order valence-electron chi connectivity index (χ1n) is 8.61. The van der Waals surface area contributed by atoms with E-state index in [-0.39, 0.29) is 12.0 Å². The molecule has 3 rings (SSSR count). The molecule has 1 heterocycles. The molecule has 1 aliphatic heterocycles. The van der Waals surface area contributed by atoms with Crippen LogP contribution < -0.4 is 15.0 Å². The summed E-state index contributed by atoms with van der Waals surface area (Å²) in [6, 6.07) is 16.1. The number of thioether (sulfide) groups is 1. The van der Waals surface area contributed by atoms with Gasteiger partial charge in [0.25, 0.3) is 0 Å². The van der Waals surface area contributed by atoms with Crippen molar-refractivity contribution in [3.05, 3.63) is 54.1 Å². The SMILES string of the molecule is CC(C)Oc1ccc(CNC(=O)CN2CCSc3ccccc32)cc1. The Balaban J connectivity index is 1.52. The predicted molar refractivity (Wildman–Crippen MR) is 103 cm³/mol. The van der Waals surface area contributed by atoms with Crippen molar-refractivity contribution < 1.29 is 9.53 Å². The van der Waals surface area contributed by atoms with Crippen LogP contribution in [-0.4, -0.2) is 30.9 Å². The van der Waals surface area contributed by atoms with Crippen LogP contribution in [0.2, 0.25) is 0 Å². The topological polar surface area (TPSA) is 41.6 Å². The van der Waals surface area contributed by atoms with Gasteiger partial charge in [0.1, 0.15) is 5.75 Å². The van der Waals surface area contributed by atoms with Gasteiger partial charge in [-0.3, -0.25) is 4.79 Å². The molecule has 132 valence electrons. The summed E-state index contributed by atoms with van der Waals surface area (Å²) in [6.45, 7) is 5.84. The quantitative estimate of drug-likeness (QED) is 0.857. The number of nitrogens with one attached hydrogen (secondary N) is 1. The highest BCUT2D eigenvalue weighted by Gasteiger charge is 2.18. The van der Waals surface area contributed by atoms with Gasteiger partial charge in [-0.15, -0.1) is 11.8 Å². The largest absolute Gasteiger partial charge is 0.491 e. The average Bonchev–Trinajstić information content (AvgIpc) is 2.61. The maximum Gasteiger partial charge on any atom is 0.239 e. The molecular formula is C20H24N2O2S. The maximum atomic E-state index is 12.3. The van der Waals surface area contributed by atoms with E-state index in [2.05, 4.69) is 22.3 Å². The summed E-state index contributed by atoms with van der Waals surface area (Å²) in [5, 5.41) is 3.01. The minimum atomic E-state index is 0.0456. The second kappa shape index (κ2) is 8.30. The summed E-state index contributed by atoms with van der Waals surface area (Å²) < 4.78 is 5.63. The van der Waals surface area contributed by atoms with Crippen molar-refractivity contribution >= 4 is 23.4 Å². The predicted octanol–water partition coefficient (Wildman–Crippen LogP) is 3.70. The fourth-order valence-corrected chi connectivity index (χ4v) is 3.83. The Kier molecular flexibility index (Phi) is 5.87. The highest BCUT2D eigenvalue weighted by Crippen LogP contribution is 2.33. The second-order valence-corrected chi connectivity index (χ2v) is 7.46. The van der Waals surface area contributed by atoms with E-state index in [0.29, 0.717) is 13.1 Å². The maximum absolute atomic E-state index is 12.3. The third kappa shape index (κ3) is 4.92. The number of anilines is 1. The molecule has 1 amide bonds. The molecule has 2 aromatic carbocycles. The molecule has 0 saturated carbocycles. The molecule has 1 N–H and O–H groups in total. The zero-order valence-corrected chi connectivity index (χ0v) is 15.5. The molecule has 0 aromatic heterocycles. The number of hydrogen-bond donors (Lipinski definition) is 1. The van der Waals surface area contributed by atoms with Crippen LogP contribution in [0.3, 0.4) is 0 Å². The molecule has 1 aliphatic rings. The van der Waals surface area contributed by atoms with Gasteiger partial charge in [-0.05, 0) is 43.7 Å². The van der Waals surface area contributed by atoms with E-state index in [1.54, 1.807) is 0 Å². The number of carbonyl (C=O) groups excluding carboxylic acids is 1. The minimum Gasteiger partial charge on any atom is -0.491 e. The second-order valence-electron chi connectivity index (χ2n) is 6.33. The number of amides is 1. The number of ether oxygens (including phenoxy) is 1. The van der Waals surface area contributed by atoms with Crippen LogP contribution in [0.15, 0.2) is 53.4 Å². The number of fused-ring (bicyclic) bond motifs is 1. The lowest BCUT2D eigenvalue weighted by molar-refractivity contribution is -0.119. The molecule has 0 atom stereocenters. The van der Waals surface area contributed by atoms with Crippen molar-refractivity contribution in [1.82, 2.24) is 5.32 Å². The Morgan fingerprint density at radius 1 is 1.20 bits per heavy atom. The third-order valence-corrected chi connectivity index (χ3v) is 4.99. The number of benzene rings is 2. The van der Waals surface area contributed by atoms with E-state index in [1.165, 1.54) is 4.90 Å². The summed E-state index contributed by atoms with van der Waals surface area (Å²) in [6.07, 6.45) is 0.163. The van der Waals surface area contributed by atoms with Gasteiger partial charge in [0.2, 0.25) is 5.91 Å². The fourth-order valence-electron chi connectivity index (χ4n) is 2.78. The summed E-state index contributed by atoms with van der Waals surface area (Å²) >= 11 is 1.85. The molecule has 0 spiro atoms. The Morgan fingerprint density at radius 2 is 1.96 bits per heavy atom. The van der Waals surface area contributed by atoms with Gasteiger partial charge in [0, 0.05) is 23.7 Å². The first-order chi connectivity index (χ1) is 12.1. The number of hydrogen-bond acceptors (Lipinski definition) is 4. The van der Waals surface area contributed by atoms with Crippen LogP contribution in [0, 0.1) is 0 Å². The summed E-state index contributed by atoms with van der Waals surface area (Å²) in [5.41, 5.74) is 2.23. The fraction of sp³-hybridized carbons (Fsp3) is 0.350. The molecule has 5 heteroatoms. The molecule has 0 radical (unpaired) electrons. The Morgan fingerprint density at radius 3 is 2.72 bits per heavy atom. The summed E-state index contributed by atoms with van der Waals surface area (Å²) in [7, 11) is 0. The Labute approximate surface area is 153 Å². The monoisotopic (exact) mass is 356 g/mol. The number of para-hydroxylation sites is 1. The smallest absolute Gasteiger partial charge is 0.239 e. The number of nitrogens with zero attached hydrogens (tertiary/aromatic N) is 1. The van der Waals surface area contributed by atoms with Crippen molar-refractivity contribution in [2.45, 2.75) is 31.4 Å². The van der Waals surface area contributed by atoms with E-state index in [4.69, 9.17) is 4.74 Å². The van der Waals surface area contributed by atoms with Crippen LogP contribution in [0.25, 0.3) is 0 Å². The van der Waals surface area contributed by atoms with Gasteiger partial charge in [-0.2, -0.15) is 0 Å². The molecule has 4 nitrogen and oxygen atoms in total. The molecule has 0 aliphatic carbocycles. The summed E-state index contributed by atoms with van der Waals surface area (Å²) in [5.74, 6) is 1.92. The molecule has 0 fully saturated rings. The van der Waals surface area contributed by atoms with Crippen molar-refractivity contribution in [3.63, 3.8) is 0 Å². The van der Waals surface area contributed by atoms with Gasteiger partial charge in [-0.25, -0.2) is 0 Å². The molecule has 25 heavy (non-hydrogen) atoms. The lowest BCUT2D eigenvalue weighted by atomic mass is 10.2. The highest BCUT2D eigenvalue weighted by atomic mass is 32.2. The normalized spacial score (nSPS) is 13.5. The van der Waals surface area contributed by atoms with E-state index >= 15 is 0 Å². The molecule has 0 saturated heterocycles. The molecule has 2 aromatic rings. The average molecular weight is 356 g/mol. The summed E-state index contributed by atoms with van der Waals surface area (Å²) in [4.78, 5) is 15.7. The molecule has 0 bridgehead atoms. The van der Waals surface area contributed by atoms with Gasteiger partial charge in [0.05, 0.1) is 18.3 Å². The van der Waals surface area contributed by atoms with Crippen molar-refractivity contribution in [1.29, 1.82) is 0 Å². The van der Waals surface area contributed by atoms with Crippen LogP contribution in [0.1, 0.15) is 19.4 Å². The first kappa shape index (κ1) is 17.7. The van der Waals surface area contributed by atoms with Crippen molar-refractivity contribution in [2.75, 3.05) is 23.7 Å². The number of carbonyl (C=O) groups is 1. The first-order valence-corrected chi connectivity index (χ1v) is 9.59. The molecular weight excluding hydrogens is 332 g/mol. The van der Waals surface area contributed by atoms with Crippen LogP contribution in [0.4, 0.5) is 5.69 Å². The van der Waals surface area contributed by atoms with Crippen LogP contribution in [-0.2, 0) is 11.3 Å². The highest BCUT2D eigenvalue weighted by molar-refractivity contribution is 7.99. The van der Waals surface area contributed by atoms with Gasteiger partial charge in [-0.1, -0.05) is 24.3 Å². The van der Waals surface area contributed by atoms with Gasteiger partial charge >= 0.3 is 0 Å². The Bertz CT molecular complexity index is 716. The minimum absolute atomic E-state index is 0.0456. The van der Waals surface area contributed by atoms with Crippen LogP contribution >= 0.6 is 11.8 Å². The van der Waals surface area contributed by atoms with E-state index < -0.39 is 0 Å².